The molecule has 1 aromatic heterocycles. The molecule has 0 saturated carbocycles. The van der Waals surface area contributed by atoms with Crippen LogP contribution >= 0.6 is 0 Å². The van der Waals surface area contributed by atoms with Crippen LogP contribution in [-0.4, -0.2) is 19.1 Å². The largest absolute Gasteiger partial charge is 0.378 e. The van der Waals surface area contributed by atoms with Crippen molar-refractivity contribution >= 4 is 5.69 Å². The summed E-state index contributed by atoms with van der Waals surface area (Å²) in [6, 6.07) is 14.2. The first-order chi connectivity index (χ1) is 8.66. The van der Waals surface area contributed by atoms with E-state index in [1.807, 2.05) is 38.4 Å². The molecule has 18 heavy (non-hydrogen) atoms. The van der Waals surface area contributed by atoms with E-state index in [1.165, 1.54) is 5.69 Å². The Kier molecular flexibility index (Phi) is 3.95. The highest BCUT2D eigenvalue weighted by molar-refractivity contribution is 5.47. The second-order valence-electron chi connectivity index (χ2n) is 4.62. The Balaban J connectivity index is 2.14. The molecule has 2 N–H and O–H groups in total. The lowest BCUT2D eigenvalue weighted by atomic mass is 10.0. The zero-order valence-electron chi connectivity index (χ0n) is 10.9. The molecule has 94 valence electrons. The van der Waals surface area contributed by atoms with Gasteiger partial charge in [0.1, 0.15) is 0 Å². The van der Waals surface area contributed by atoms with E-state index in [2.05, 4.69) is 28.1 Å². The van der Waals surface area contributed by atoms with Crippen LogP contribution in [0.2, 0.25) is 0 Å². The summed E-state index contributed by atoms with van der Waals surface area (Å²) < 4.78 is 0. The van der Waals surface area contributed by atoms with Crippen molar-refractivity contribution in [2.24, 2.45) is 5.73 Å². The van der Waals surface area contributed by atoms with Gasteiger partial charge in [-0.1, -0.05) is 18.2 Å². The summed E-state index contributed by atoms with van der Waals surface area (Å²) in [5, 5.41) is 0. The molecule has 3 nitrogen and oxygen atoms in total. The van der Waals surface area contributed by atoms with Crippen LogP contribution in [0.25, 0.3) is 0 Å². The van der Waals surface area contributed by atoms with Crippen molar-refractivity contribution in [1.29, 1.82) is 0 Å². The van der Waals surface area contributed by atoms with Crippen LogP contribution in [0.15, 0.2) is 48.7 Å². The minimum Gasteiger partial charge on any atom is -0.378 e. The van der Waals surface area contributed by atoms with Gasteiger partial charge < -0.3 is 10.6 Å². The minimum absolute atomic E-state index is 0.0141. The van der Waals surface area contributed by atoms with E-state index in [0.29, 0.717) is 0 Å². The maximum atomic E-state index is 6.24. The molecule has 1 heterocycles. The molecule has 1 unspecified atom stereocenters. The number of nitrogens with zero attached hydrogens (tertiary/aromatic N) is 2. The molecule has 0 amide bonds. The smallest absolute Gasteiger partial charge is 0.0422 e. The SMILES string of the molecule is CN(C)c1cccc(C(N)Cc2ccccn2)c1. The van der Waals surface area contributed by atoms with E-state index in [9.17, 15) is 0 Å². The molecular formula is C15H19N3. The van der Waals surface area contributed by atoms with Crippen molar-refractivity contribution in [2.45, 2.75) is 12.5 Å². The summed E-state index contributed by atoms with van der Waals surface area (Å²) in [5.74, 6) is 0. The van der Waals surface area contributed by atoms with Crippen molar-refractivity contribution in [3.8, 4) is 0 Å². The van der Waals surface area contributed by atoms with E-state index in [0.717, 1.165) is 17.7 Å². The highest BCUT2D eigenvalue weighted by Gasteiger charge is 2.08. The number of anilines is 1. The zero-order valence-corrected chi connectivity index (χ0v) is 10.9. The molecule has 0 aliphatic rings. The van der Waals surface area contributed by atoms with Gasteiger partial charge in [-0.05, 0) is 29.8 Å². The first-order valence-electron chi connectivity index (χ1n) is 6.09. The second kappa shape index (κ2) is 5.65. The Morgan fingerprint density at radius 1 is 1.17 bits per heavy atom. The number of benzene rings is 1. The van der Waals surface area contributed by atoms with Crippen LogP contribution in [0.4, 0.5) is 5.69 Å². The molecule has 3 heteroatoms. The van der Waals surface area contributed by atoms with Crippen LogP contribution in [0.5, 0.6) is 0 Å². The number of hydrogen-bond donors (Lipinski definition) is 1. The van der Waals surface area contributed by atoms with Crippen molar-refractivity contribution in [2.75, 3.05) is 19.0 Å². The standard InChI is InChI=1S/C15H19N3/c1-18(2)14-8-5-6-12(10-14)15(16)11-13-7-3-4-9-17-13/h3-10,15H,11,16H2,1-2H3. The average molecular weight is 241 g/mol. The molecule has 2 rings (SSSR count). The van der Waals surface area contributed by atoms with Gasteiger partial charge in [-0.25, -0.2) is 0 Å². The van der Waals surface area contributed by atoms with Gasteiger partial charge in [0.2, 0.25) is 0 Å². The Hall–Kier alpha value is -1.87. The second-order valence-corrected chi connectivity index (χ2v) is 4.62. The monoisotopic (exact) mass is 241 g/mol. The Bertz CT molecular complexity index is 494. The lowest BCUT2D eigenvalue weighted by Gasteiger charge is -2.16. The molecule has 2 aromatic rings. The molecule has 0 bridgehead atoms. The van der Waals surface area contributed by atoms with Gasteiger partial charge in [0.05, 0.1) is 0 Å². The van der Waals surface area contributed by atoms with E-state index < -0.39 is 0 Å². The highest BCUT2D eigenvalue weighted by Crippen LogP contribution is 2.20. The maximum absolute atomic E-state index is 6.24. The third kappa shape index (κ3) is 3.08. The molecule has 0 aliphatic heterocycles. The normalized spacial score (nSPS) is 12.2. The maximum Gasteiger partial charge on any atom is 0.0422 e. The van der Waals surface area contributed by atoms with Crippen LogP contribution in [0, 0.1) is 0 Å². The quantitative estimate of drug-likeness (QED) is 0.893. The third-order valence-corrected chi connectivity index (χ3v) is 2.97. The topological polar surface area (TPSA) is 42.1 Å². The van der Waals surface area contributed by atoms with E-state index >= 15 is 0 Å². The van der Waals surface area contributed by atoms with Gasteiger partial charge in [-0.15, -0.1) is 0 Å². The molecule has 1 aromatic carbocycles. The predicted octanol–water partition coefficient (Wildman–Crippen LogP) is 2.39. The first-order valence-corrected chi connectivity index (χ1v) is 6.09. The number of nitrogens with two attached hydrogens (primary N) is 1. The van der Waals surface area contributed by atoms with E-state index in [4.69, 9.17) is 5.73 Å². The summed E-state index contributed by atoms with van der Waals surface area (Å²) in [5.41, 5.74) is 9.58. The number of pyridine rings is 1. The lowest BCUT2D eigenvalue weighted by Crippen LogP contribution is -2.15. The fourth-order valence-electron chi connectivity index (χ4n) is 1.90. The molecule has 0 fully saturated rings. The molecule has 0 radical (unpaired) electrons. The molecule has 0 spiro atoms. The Morgan fingerprint density at radius 3 is 2.67 bits per heavy atom. The van der Waals surface area contributed by atoms with Gasteiger partial charge in [-0.3, -0.25) is 4.98 Å². The zero-order chi connectivity index (χ0) is 13.0. The van der Waals surface area contributed by atoms with Crippen molar-refractivity contribution in [3.05, 3.63) is 59.9 Å². The number of aromatic nitrogens is 1. The van der Waals surface area contributed by atoms with Crippen LogP contribution in [0.1, 0.15) is 17.3 Å². The molecule has 0 aliphatic carbocycles. The van der Waals surface area contributed by atoms with Gasteiger partial charge >= 0.3 is 0 Å². The van der Waals surface area contributed by atoms with Crippen molar-refractivity contribution < 1.29 is 0 Å². The summed E-state index contributed by atoms with van der Waals surface area (Å²) >= 11 is 0. The fraction of sp³-hybridized carbons (Fsp3) is 0.267. The third-order valence-electron chi connectivity index (χ3n) is 2.97. The number of rotatable bonds is 4. The van der Waals surface area contributed by atoms with Gasteiger partial charge in [0, 0.05) is 44.1 Å². The Labute approximate surface area is 108 Å². The van der Waals surface area contributed by atoms with Crippen LogP contribution < -0.4 is 10.6 Å². The molecular weight excluding hydrogens is 222 g/mol. The average Bonchev–Trinajstić information content (AvgIpc) is 2.40. The van der Waals surface area contributed by atoms with E-state index in [-0.39, 0.29) is 6.04 Å². The van der Waals surface area contributed by atoms with Crippen molar-refractivity contribution in [3.63, 3.8) is 0 Å². The summed E-state index contributed by atoms with van der Waals surface area (Å²) in [7, 11) is 4.06. The van der Waals surface area contributed by atoms with Crippen molar-refractivity contribution in [1.82, 2.24) is 4.98 Å². The molecule has 1 atom stereocenters. The number of hydrogen-bond acceptors (Lipinski definition) is 3. The fourth-order valence-corrected chi connectivity index (χ4v) is 1.90. The van der Waals surface area contributed by atoms with Gasteiger partial charge in [-0.2, -0.15) is 0 Å². The molecule has 0 saturated heterocycles. The van der Waals surface area contributed by atoms with Crippen LogP contribution in [0.3, 0.4) is 0 Å². The highest BCUT2D eigenvalue weighted by atomic mass is 15.1. The Morgan fingerprint density at radius 2 is 2.00 bits per heavy atom. The van der Waals surface area contributed by atoms with Crippen LogP contribution in [-0.2, 0) is 6.42 Å². The van der Waals surface area contributed by atoms with E-state index in [1.54, 1.807) is 6.20 Å². The van der Waals surface area contributed by atoms with Gasteiger partial charge in [0.25, 0.3) is 0 Å². The summed E-state index contributed by atoms with van der Waals surface area (Å²) in [4.78, 5) is 6.39. The minimum atomic E-state index is -0.0141. The lowest BCUT2D eigenvalue weighted by molar-refractivity contribution is 0.706. The summed E-state index contributed by atoms with van der Waals surface area (Å²) in [6.07, 6.45) is 2.57. The predicted molar refractivity (Wildman–Crippen MR) is 75.6 cm³/mol. The first kappa shape index (κ1) is 12.6. The van der Waals surface area contributed by atoms with Gasteiger partial charge in [0.15, 0.2) is 0 Å². The summed E-state index contributed by atoms with van der Waals surface area (Å²) in [6.45, 7) is 0.